The van der Waals surface area contributed by atoms with Crippen LogP contribution in [0.3, 0.4) is 0 Å². The average Bonchev–Trinajstić information content (AvgIpc) is 2.58. The van der Waals surface area contributed by atoms with E-state index in [9.17, 15) is 23.5 Å². The van der Waals surface area contributed by atoms with E-state index in [1.807, 2.05) is 6.92 Å². The molecule has 1 N–H and O–H groups in total. The minimum absolute atomic E-state index is 0.0225. The van der Waals surface area contributed by atoms with Crippen molar-refractivity contribution in [1.82, 2.24) is 0 Å². The minimum atomic E-state index is -1.18. The third kappa shape index (κ3) is 3.28. The Morgan fingerprint density at radius 2 is 1.85 bits per heavy atom. The first-order chi connectivity index (χ1) is 12.4. The van der Waals surface area contributed by atoms with E-state index in [4.69, 9.17) is 9.15 Å². The summed E-state index contributed by atoms with van der Waals surface area (Å²) in [6.45, 7) is 1.45. The molecule has 3 aromatic rings. The van der Waals surface area contributed by atoms with Crippen LogP contribution in [0, 0.1) is 11.6 Å². The second-order valence-corrected chi connectivity index (χ2v) is 5.59. The summed E-state index contributed by atoms with van der Waals surface area (Å²) in [4.78, 5) is 23.7. The van der Waals surface area contributed by atoms with Gasteiger partial charge in [0.05, 0.1) is 0 Å². The van der Waals surface area contributed by atoms with Crippen LogP contribution in [0.2, 0.25) is 0 Å². The number of hydrogen-bond donors (Lipinski definition) is 1. The van der Waals surface area contributed by atoms with Gasteiger partial charge in [-0.3, -0.25) is 0 Å². The van der Waals surface area contributed by atoms with Crippen LogP contribution in [0.4, 0.5) is 8.78 Å². The highest BCUT2D eigenvalue weighted by molar-refractivity contribution is 5.90. The molecule has 0 unspecified atom stereocenters. The Hall–Kier alpha value is -3.22. The average molecular weight is 360 g/mol. The lowest BCUT2D eigenvalue weighted by Gasteiger charge is -2.10. The van der Waals surface area contributed by atoms with E-state index in [-0.39, 0.29) is 17.9 Å². The van der Waals surface area contributed by atoms with E-state index < -0.39 is 28.8 Å². The van der Waals surface area contributed by atoms with Gasteiger partial charge < -0.3 is 14.3 Å². The highest BCUT2D eigenvalue weighted by Gasteiger charge is 2.19. The van der Waals surface area contributed by atoms with Crippen molar-refractivity contribution in [1.29, 1.82) is 0 Å². The summed E-state index contributed by atoms with van der Waals surface area (Å²) >= 11 is 0. The van der Waals surface area contributed by atoms with E-state index in [1.165, 1.54) is 6.07 Å². The van der Waals surface area contributed by atoms with Gasteiger partial charge in [0.25, 0.3) is 0 Å². The molecule has 0 aliphatic carbocycles. The van der Waals surface area contributed by atoms with Crippen LogP contribution < -0.4 is 5.63 Å². The summed E-state index contributed by atoms with van der Waals surface area (Å²) in [6.07, 6.45) is 0.528. The fraction of sp³-hybridized carbons (Fsp3) is 0.158. The first kappa shape index (κ1) is 17.6. The molecule has 0 aliphatic heterocycles. The van der Waals surface area contributed by atoms with Crippen molar-refractivity contribution in [2.75, 3.05) is 0 Å². The lowest BCUT2D eigenvalue weighted by molar-refractivity contribution is 0.0462. The number of hydrogen-bond acceptors (Lipinski definition) is 5. The molecule has 1 aromatic heterocycles. The van der Waals surface area contributed by atoms with Crippen molar-refractivity contribution in [3.8, 4) is 5.75 Å². The van der Waals surface area contributed by atoms with E-state index in [0.717, 1.165) is 24.3 Å². The smallest absolute Gasteiger partial charge is 0.344 e. The number of carbonyl (C=O) groups excluding carboxylic acids is 1. The molecule has 0 radical (unpaired) electrons. The number of carbonyl (C=O) groups is 1. The fourth-order valence-corrected chi connectivity index (χ4v) is 2.62. The lowest BCUT2D eigenvalue weighted by atomic mass is 10.0. The first-order valence-corrected chi connectivity index (χ1v) is 7.80. The van der Waals surface area contributed by atoms with Crippen molar-refractivity contribution in [2.45, 2.75) is 20.0 Å². The number of aryl methyl sites for hydroxylation is 1. The SMILES string of the molecule is CCc1cc2c(COC(=O)c3c(F)cccc3F)cc(=O)oc2cc1O. The van der Waals surface area contributed by atoms with Gasteiger partial charge in [-0.2, -0.15) is 0 Å². The molecule has 26 heavy (non-hydrogen) atoms. The summed E-state index contributed by atoms with van der Waals surface area (Å²) in [5.74, 6) is -3.28. The Kier molecular flexibility index (Phi) is 4.71. The summed E-state index contributed by atoms with van der Waals surface area (Å²) < 4.78 is 37.3. The Bertz CT molecular complexity index is 1040. The highest BCUT2D eigenvalue weighted by Crippen LogP contribution is 2.27. The van der Waals surface area contributed by atoms with Crippen LogP contribution in [0.15, 0.2) is 45.6 Å². The van der Waals surface area contributed by atoms with Crippen LogP contribution >= 0.6 is 0 Å². The maximum atomic E-state index is 13.7. The maximum Gasteiger partial charge on any atom is 0.344 e. The minimum Gasteiger partial charge on any atom is -0.508 e. The quantitative estimate of drug-likeness (QED) is 0.567. The normalized spacial score (nSPS) is 10.9. The van der Waals surface area contributed by atoms with E-state index >= 15 is 0 Å². The number of aromatic hydroxyl groups is 1. The number of esters is 1. The molecule has 0 atom stereocenters. The second-order valence-electron chi connectivity index (χ2n) is 5.59. The maximum absolute atomic E-state index is 13.7. The van der Waals surface area contributed by atoms with Crippen LogP contribution in [-0.4, -0.2) is 11.1 Å². The van der Waals surface area contributed by atoms with Crippen molar-refractivity contribution >= 4 is 16.9 Å². The number of halogens is 2. The molecule has 134 valence electrons. The molecular formula is C19H14F2O5. The largest absolute Gasteiger partial charge is 0.508 e. The predicted molar refractivity (Wildman–Crippen MR) is 89.0 cm³/mol. The first-order valence-electron chi connectivity index (χ1n) is 7.80. The number of phenolic OH excluding ortho intramolecular Hbond substituents is 1. The van der Waals surface area contributed by atoms with Crippen molar-refractivity contribution in [3.63, 3.8) is 0 Å². The van der Waals surface area contributed by atoms with Crippen LogP contribution in [0.25, 0.3) is 11.0 Å². The number of fused-ring (bicyclic) bond motifs is 1. The van der Waals surface area contributed by atoms with Gasteiger partial charge in [-0.05, 0) is 30.2 Å². The van der Waals surface area contributed by atoms with Gasteiger partial charge >= 0.3 is 11.6 Å². The van der Waals surface area contributed by atoms with E-state index in [2.05, 4.69) is 0 Å². The molecule has 0 bridgehead atoms. The molecule has 3 rings (SSSR count). The second kappa shape index (κ2) is 6.95. The zero-order chi connectivity index (χ0) is 18.8. The summed E-state index contributed by atoms with van der Waals surface area (Å²) in [7, 11) is 0. The molecule has 0 amide bonds. The molecular weight excluding hydrogens is 346 g/mol. The molecule has 0 fully saturated rings. The number of rotatable bonds is 4. The molecule has 7 heteroatoms. The molecule has 5 nitrogen and oxygen atoms in total. The molecule has 0 spiro atoms. The molecule has 1 heterocycles. The van der Waals surface area contributed by atoms with Crippen molar-refractivity contribution in [2.24, 2.45) is 0 Å². The van der Waals surface area contributed by atoms with Crippen LogP contribution in [0.1, 0.15) is 28.4 Å². The Morgan fingerprint density at radius 3 is 2.50 bits per heavy atom. The van der Waals surface area contributed by atoms with Gasteiger partial charge in [-0.15, -0.1) is 0 Å². The van der Waals surface area contributed by atoms with Crippen molar-refractivity contribution < 1.29 is 27.8 Å². The molecule has 0 saturated carbocycles. The zero-order valence-corrected chi connectivity index (χ0v) is 13.7. The van der Waals surface area contributed by atoms with E-state index in [0.29, 0.717) is 22.9 Å². The monoisotopic (exact) mass is 360 g/mol. The predicted octanol–water partition coefficient (Wildman–Crippen LogP) is 3.70. The number of ether oxygens (including phenoxy) is 1. The van der Waals surface area contributed by atoms with Gasteiger partial charge in [0.2, 0.25) is 0 Å². The molecule has 0 saturated heterocycles. The van der Waals surface area contributed by atoms with Gasteiger partial charge in [-0.25, -0.2) is 18.4 Å². The Morgan fingerprint density at radius 1 is 1.15 bits per heavy atom. The lowest BCUT2D eigenvalue weighted by Crippen LogP contribution is -2.11. The van der Waals surface area contributed by atoms with E-state index in [1.54, 1.807) is 6.07 Å². The third-order valence-electron chi connectivity index (χ3n) is 3.94. The Labute approximate surface area is 146 Å². The van der Waals surface area contributed by atoms with Crippen LogP contribution in [-0.2, 0) is 17.8 Å². The van der Waals surface area contributed by atoms with Gasteiger partial charge in [0.15, 0.2) is 0 Å². The van der Waals surface area contributed by atoms with Gasteiger partial charge in [0.1, 0.15) is 35.1 Å². The van der Waals surface area contributed by atoms with Crippen molar-refractivity contribution in [3.05, 3.63) is 75.1 Å². The molecule has 2 aromatic carbocycles. The van der Waals surface area contributed by atoms with Gasteiger partial charge in [0, 0.05) is 23.1 Å². The summed E-state index contributed by atoms with van der Waals surface area (Å²) in [5, 5.41) is 10.3. The summed E-state index contributed by atoms with van der Waals surface area (Å²) in [5.41, 5.74) is -0.471. The topological polar surface area (TPSA) is 76.7 Å². The standard InChI is InChI=1S/C19H14F2O5/c1-2-10-6-12-11(7-17(23)26-16(12)8-15(10)22)9-25-19(24)18-13(20)4-3-5-14(18)21/h3-8,22H,2,9H2,1H3. The Balaban J connectivity index is 1.96. The number of phenols is 1. The third-order valence-corrected chi connectivity index (χ3v) is 3.94. The molecule has 0 aliphatic rings. The highest BCUT2D eigenvalue weighted by atomic mass is 19.1. The summed E-state index contributed by atoms with van der Waals surface area (Å²) in [6, 6.07) is 7.07. The van der Waals surface area contributed by atoms with Crippen LogP contribution in [0.5, 0.6) is 5.75 Å². The zero-order valence-electron chi connectivity index (χ0n) is 13.7. The van der Waals surface area contributed by atoms with Gasteiger partial charge in [-0.1, -0.05) is 13.0 Å². The number of benzene rings is 2. The fourth-order valence-electron chi connectivity index (χ4n) is 2.62.